The van der Waals surface area contributed by atoms with Crippen molar-refractivity contribution in [3.05, 3.63) is 29.8 Å². The molecule has 1 aromatic carbocycles. The van der Waals surface area contributed by atoms with Gasteiger partial charge in [-0.2, -0.15) is 0 Å². The number of hydrogen-bond acceptors (Lipinski definition) is 3. The maximum atomic E-state index is 11.6. The van der Waals surface area contributed by atoms with E-state index in [0.717, 1.165) is 12.8 Å². The molecule has 0 saturated carbocycles. The van der Waals surface area contributed by atoms with E-state index in [2.05, 4.69) is 19.2 Å². The van der Waals surface area contributed by atoms with Gasteiger partial charge in [0.05, 0.1) is 0 Å². The maximum Gasteiger partial charge on any atom is 0.257 e. The third-order valence-corrected chi connectivity index (χ3v) is 3.42. The molecule has 1 aromatic rings. The normalized spacial score (nSPS) is 12.2. The van der Waals surface area contributed by atoms with Crippen molar-refractivity contribution in [1.29, 1.82) is 0 Å². The minimum atomic E-state index is -0.111. The summed E-state index contributed by atoms with van der Waals surface area (Å²) in [5.74, 6) is 1.38. The second-order valence-corrected chi connectivity index (χ2v) is 5.79. The van der Waals surface area contributed by atoms with Crippen LogP contribution in [0.15, 0.2) is 24.3 Å². The number of ether oxygens (including phenoxy) is 1. The molecule has 0 spiro atoms. The highest BCUT2D eigenvalue weighted by atomic mass is 16.5. The molecule has 0 aliphatic rings. The first kappa shape index (κ1) is 17.5. The van der Waals surface area contributed by atoms with Gasteiger partial charge in [-0.1, -0.05) is 32.9 Å². The van der Waals surface area contributed by atoms with Crippen LogP contribution in [-0.2, 0) is 4.79 Å². The molecule has 1 rings (SSSR count). The smallest absolute Gasteiger partial charge is 0.257 e. The van der Waals surface area contributed by atoms with Crippen molar-refractivity contribution < 1.29 is 14.6 Å². The van der Waals surface area contributed by atoms with E-state index in [1.54, 1.807) is 0 Å². The van der Waals surface area contributed by atoms with Crippen molar-refractivity contribution in [2.75, 3.05) is 19.8 Å². The van der Waals surface area contributed by atoms with E-state index in [9.17, 15) is 4.79 Å². The van der Waals surface area contributed by atoms with Gasteiger partial charge in [-0.25, -0.2) is 0 Å². The summed E-state index contributed by atoms with van der Waals surface area (Å²) in [6, 6.07) is 7.83. The van der Waals surface area contributed by atoms with E-state index in [0.29, 0.717) is 18.2 Å². The zero-order chi connectivity index (χ0) is 15.7. The average Bonchev–Trinajstić information content (AvgIpc) is 2.49. The molecule has 0 heterocycles. The Morgan fingerprint density at radius 3 is 2.48 bits per heavy atom. The van der Waals surface area contributed by atoms with Crippen LogP contribution in [0.25, 0.3) is 0 Å². The number of nitrogens with one attached hydrogen (secondary N) is 1. The monoisotopic (exact) mass is 293 g/mol. The van der Waals surface area contributed by atoms with Gasteiger partial charge < -0.3 is 15.2 Å². The van der Waals surface area contributed by atoms with Crippen molar-refractivity contribution >= 4 is 5.91 Å². The van der Waals surface area contributed by atoms with Crippen LogP contribution in [0, 0.1) is 5.92 Å². The highest BCUT2D eigenvalue weighted by molar-refractivity contribution is 5.77. The number of hydrogen-bond donors (Lipinski definition) is 2. The molecule has 0 aliphatic heterocycles. The molecule has 2 N–H and O–H groups in total. The standard InChI is InChI=1S/C17H27NO3/c1-13(2)15-6-8-16(9-7-15)21-12-17(20)18-10-4-5-14(3)11-19/h6-9,13-14,19H,4-5,10-12H2,1-3H3,(H,18,20). The Labute approximate surface area is 127 Å². The van der Waals surface area contributed by atoms with Gasteiger partial charge in [0.1, 0.15) is 5.75 Å². The Hall–Kier alpha value is -1.55. The van der Waals surface area contributed by atoms with E-state index in [4.69, 9.17) is 9.84 Å². The number of carbonyl (C=O) groups excluding carboxylic acids is 1. The van der Waals surface area contributed by atoms with Gasteiger partial charge >= 0.3 is 0 Å². The Bertz CT molecular complexity index is 415. The van der Waals surface area contributed by atoms with Crippen LogP contribution in [0.4, 0.5) is 0 Å². The zero-order valence-electron chi connectivity index (χ0n) is 13.3. The first-order valence-electron chi connectivity index (χ1n) is 7.63. The number of aliphatic hydroxyl groups is 1. The van der Waals surface area contributed by atoms with Crippen LogP contribution < -0.4 is 10.1 Å². The molecule has 4 heteroatoms. The maximum absolute atomic E-state index is 11.6. The Balaban J connectivity index is 2.20. The van der Waals surface area contributed by atoms with Crippen LogP contribution in [0.5, 0.6) is 5.75 Å². The van der Waals surface area contributed by atoms with E-state index in [1.165, 1.54) is 5.56 Å². The minimum absolute atomic E-state index is 0.0383. The summed E-state index contributed by atoms with van der Waals surface area (Å²) in [5.41, 5.74) is 1.25. The Kier molecular flexibility index (Phi) is 7.83. The molecule has 0 fully saturated rings. The number of aliphatic hydroxyl groups excluding tert-OH is 1. The second kappa shape index (κ2) is 9.40. The summed E-state index contributed by atoms with van der Waals surface area (Å²) >= 11 is 0. The van der Waals surface area contributed by atoms with Crippen LogP contribution in [0.2, 0.25) is 0 Å². The summed E-state index contributed by atoms with van der Waals surface area (Å²) in [7, 11) is 0. The van der Waals surface area contributed by atoms with Crippen molar-refractivity contribution in [2.45, 2.75) is 39.5 Å². The molecule has 0 aromatic heterocycles. The molecule has 1 atom stereocenters. The van der Waals surface area contributed by atoms with Crippen LogP contribution in [0.3, 0.4) is 0 Å². The number of carbonyl (C=O) groups is 1. The van der Waals surface area contributed by atoms with Crippen molar-refractivity contribution in [2.24, 2.45) is 5.92 Å². The Morgan fingerprint density at radius 1 is 1.24 bits per heavy atom. The number of amides is 1. The molecule has 0 bridgehead atoms. The highest BCUT2D eigenvalue weighted by Gasteiger charge is 2.04. The van der Waals surface area contributed by atoms with Crippen LogP contribution in [-0.4, -0.2) is 30.8 Å². The predicted octanol–water partition coefficient (Wildman–Crippen LogP) is 2.71. The minimum Gasteiger partial charge on any atom is -0.484 e. The third-order valence-electron chi connectivity index (χ3n) is 3.42. The summed E-state index contributed by atoms with van der Waals surface area (Å²) < 4.78 is 5.45. The van der Waals surface area contributed by atoms with E-state index in [1.807, 2.05) is 31.2 Å². The van der Waals surface area contributed by atoms with Gasteiger partial charge in [0.25, 0.3) is 5.91 Å². The third kappa shape index (κ3) is 7.14. The van der Waals surface area contributed by atoms with E-state index in [-0.39, 0.29) is 25.0 Å². The molecular formula is C17H27NO3. The fraction of sp³-hybridized carbons (Fsp3) is 0.588. The van der Waals surface area contributed by atoms with Gasteiger partial charge in [0.2, 0.25) is 0 Å². The summed E-state index contributed by atoms with van der Waals surface area (Å²) in [5, 5.41) is 11.7. The molecular weight excluding hydrogens is 266 g/mol. The highest BCUT2D eigenvalue weighted by Crippen LogP contribution is 2.18. The quantitative estimate of drug-likeness (QED) is 0.688. The predicted molar refractivity (Wildman–Crippen MR) is 84.5 cm³/mol. The largest absolute Gasteiger partial charge is 0.484 e. The number of rotatable bonds is 9. The van der Waals surface area contributed by atoms with Crippen molar-refractivity contribution in [1.82, 2.24) is 5.32 Å². The molecule has 1 amide bonds. The Morgan fingerprint density at radius 2 is 1.90 bits per heavy atom. The SMILES string of the molecule is CC(CO)CCCNC(=O)COc1ccc(C(C)C)cc1. The van der Waals surface area contributed by atoms with E-state index >= 15 is 0 Å². The summed E-state index contributed by atoms with van der Waals surface area (Å²) in [6.45, 7) is 7.13. The topological polar surface area (TPSA) is 58.6 Å². The van der Waals surface area contributed by atoms with Gasteiger partial charge in [-0.05, 0) is 42.4 Å². The van der Waals surface area contributed by atoms with Gasteiger partial charge in [0.15, 0.2) is 6.61 Å². The molecule has 0 radical (unpaired) electrons. The zero-order valence-corrected chi connectivity index (χ0v) is 13.3. The van der Waals surface area contributed by atoms with Gasteiger partial charge in [0, 0.05) is 13.2 Å². The van der Waals surface area contributed by atoms with Crippen LogP contribution in [0.1, 0.15) is 45.1 Å². The molecule has 1 unspecified atom stereocenters. The second-order valence-electron chi connectivity index (χ2n) is 5.79. The van der Waals surface area contributed by atoms with Gasteiger partial charge in [-0.3, -0.25) is 4.79 Å². The van der Waals surface area contributed by atoms with Gasteiger partial charge in [-0.15, -0.1) is 0 Å². The molecule has 0 aliphatic carbocycles. The fourth-order valence-electron chi connectivity index (χ4n) is 1.92. The lowest BCUT2D eigenvalue weighted by Gasteiger charge is -2.10. The van der Waals surface area contributed by atoms with Crippen molar-refractivity contribution in [3.8, 4) is 5.75 Å². The van der Waals surface area contributed by atoms with E-state index < -0.39 is 0 Å². The average molecular weight is 293 g/mol. The lowest BCUT2D eigenvalue weighted by molar-refractivity contribution is -0.123. The first-order valence-corrected chi connectivity index (χ1v) is 7.63. The molecule has 21 heavy (non-hydrogen) atoms. The molecule has 0 saturated heterocycles. The summed E-state index contributed by atoms with van der Waals surface area (Å²) in [6.07, 6.45) is 1.78. The fourth-order valence-corrected chi connectivity index (χ4v) is 1.92. The molecule has 118 valence electrons. The first-order chi connectivity index (χ1) is 10.0. The lowest BCUT2D eigenvalue weighted by atomic mass is 10.0. The van der Waals surface area contributed by atoms with Crippen LogP contribution >= 0.6 is 0 Å². The van der Waals surface area contributed by atoms with Crippen molar-refractivity contribution in [3.63, 3.8) is 0 Å². The number of benzene rings is 1. The summed E-state index contributed by atoms with van der Waals surface area (Å²) in [4.78, 5) is 11.6. The lowest BCUT2D eigenvalue weighted by Crippen LogP contribution is -2.29. The molecule has 4 nitrogen and oxygen atoms in total.